The van der Waals surface area contributed by atoms with Crippen LogP contribution in [0.1, 0.15) is 11.1 Å². The van der Waals surface area contributed by atoms with Crippen LogP contribution in [0.2, 0.25) is 0 Å². The first kappa shape index (κ1) is 12.1. The molecular weight excluding hydrogens is 198 g/mol. The molecular formula is C11H16F2N2. The molecule has 0 heterocycles. The zero-order chi connectivity index (χ0) is 11.4. The van der Waals surface area contributed by atoms with E-state index in [1.54, 1.807) is 18.9 Å². The highest BCUT2D eigenvalue weighted by Crippen LogP contribution is 2.17. The van der Waals surface area contributed by atoms with Crippen LogP contribution >= 0.6 is 0 Å². The zero-order valence-corrected chi connectivity index (χ0v) is 9.06. The van der Waals surface area contributed by atoms with Gasteiger partial charge < -0.3 is 10.6 Å². The minimum Gasteiger partial charge on any atom is -0.329 e. The lowest BCUT2D eigenvalue weighted by Gasteiger charge is -2.16. The molecule has 0 fully saturated rings. The molecule has 1 aromatic rings. The Morgan fingerprint density at radius 3 is 2.60 bits per heavy atom. The summed E-state index contributed by atoms with van der Waals surface area (Å²) in [4.78, 5) is 1.79. The van der Waals surface area contributed by atoms with Gasteiger partial charge in [0.05, 0.1) is 0 Å². The molecule has 0 aromatic heterocycles. The normalized spacial score (nSPS) is 11.1. The molecule has 0 saturated carbocycles. The lowest BCUT2D eigenvalue weighted by atomic mass is 10.1. The lowest BCUT2D eigenvalue weighted by molar-refractivity contribution is 0.323. The second-order valence-corrected chi connectivity index (χ2v) is 3.68. The van der Waals surface area contributed by atoms with Gasteiger partial charge in [-0.05, 0) is 25.6 Å². The second-order valence-electron chi connectivity index (χ2n) is 3.68. The molecule has 2 nitrogen and oxygen atoms in total. The van der Waals surface area contributed by atoms with E-state index in [-0.39, 0.29) is 12.1 Å². The van der Waals surface area contributed by atoms with E-state index in [4.69, 9.17) is 5.73 Å². The van der Waals surface area contributed by atoms with Crippen LogP contribution in [0.15, 0.2) is 12.1 Å². The van der Waals surface area contributed by atoms with Crippen LogP contribution in [0.4, 0.5) is 8.78 Å². The number of aryl methyl sites for hydroxylation is 1. The quantitative estimate of drug-likeness (QED) is 0.826. The summed E-state index contributed by atoms with van der Waals surface area (Å²) in [5, 5.41) is 0. The molecule has 0 aliphatic heterocycles. The standard InChI is InChI=1S/C11H16F2N2/c1-8-3-4-10(12)9(11(8)13)7-15(2)6-5-14/h3-4H,5-7,14H2,1-2H3. The van der Waals surface area contributed by atoms with Crippen molar-refractivity contribution in [1.82, 2.24) is 4.90 Å². The highest BCUT2D eigenvalue weighted by Gasteiger charge is 2.12. The van der Waals surface area contributed by atoms with Crippen molar-refractivity contribution < 1.29 is 8.78 Å². The zero-order valence-electron chi connectivity index (χ0n) is 9.06. The molecule has 1 aromatic carbocycles. The lowest BCUT2D eigenvalue weighted by Crippen LogP contribution is -2.26. The van der Waals surface area contributed by atoms with Crippen molar-refractivity contribution in [2.24, 2.45) is 5.73 Å². The van der Waals surface area contributed by atoms with Gasteiger partial charge in [-0.25, -0.2) is 8.78 Å². The van der Waals surface area contributed by atoms with Gasteiger partial charge in [-0.15, -0.1) is 0 Å². The minimum absolute atomic E-state index is 0.117. The van der Waals surface area contributed by atoms with Crippen molar-refractivity contribution in [2.45, 2.75) is 13.5 Å². The van der Waals surface area contributed by atoms with Crippen molar-refractivity contribution in [3.63, 3.8) is 0 Å². The fourth-order valence-electron chi connectivity index (χ4n) is 1.43. The number of halogens is 2. The highest BCUT2D eigenvalue weighted by molar-refractivity contribution is 5.26. The summed E-state index contributed by atoms with van der Waals surface area (Å²) >= 11 is 0. The molecule has 0 unspecified atom stereocenters. The van der Waals surface area contributed by atoms with E-state index < -0.39 is 11.6 Å². The third-order valence-electron chi connectivity index (χ3n) is 2.32. The summed E-state index contributed by atoms with van der Waals surface area (Å²) in [5.41, 5.74) is 5.94. The van der Waals surface area contributed by atoms with Gasteiger partial charge in [-0.2, -0.15) is 0 Å². The van der Waals surface area contributed by atoms with E-state index in [0.717, 1.165) is 0 Å². The number of hydrogen-bond donors (Lipinski definition) is 1. The smallest absolute Gasteiger partial charge is 0.133 e. The summed E-state index contributed by atoms with van der Waals surface area (Å²) in [6.07, 6.45) is 0. The number of nitrogens with zero attached hydrogens (tertiary/aromatic N) is 1. The SMILES string of the molecule is Cc1ccc(F)c(CN(C)CCN)c1F. The third kappa shape index (κ3) is 2.97. The Bertz CT molecular complexity index is 340. The van der Waals surface area contributed by atoms with Crippen LogP contribution in [-0.2, 0) is 6.54 Å². The van der Waals surface area contributed by atoms with Crippen LogP contribution < -0.4 is 5.73 Å². The Hall–Kier alpha value is -1.00. The summed E-state index contributed by atoms with van der Waals surface area (Å²) in [5.74, 6) is -0.958. The van der Waals surface area contributed by atoms with Crippen LogP contribution in [-0.4, -0.2) is 25.0 Å². The number of likely N-dealkylation sites (N-methyl/N-ethyl adjacent to an activating group) is 1. The number of rotatable bonds is 4. The van der Waals surface area contributed by atoms with Crippen LogP contribution in [0.5, 0.6) is 0 Å². The van der Waals surface area contributed by atoms with Gasteiger partial charge in [0.15, 0.2) is 0 Å². The Morgan fingerprint density at radius 2 is 2.00 bits per heavy atom. The summed E-state index contributed by atoms with van der Waals surface area (Å²) in [7, 11) is 1.79. The molecule has 15 heavy (non-hydrogen) atoms. The monoisotopic (exact) mass is 214 g/mol. The van der Waals surface area contributed by atoms with E-state index in [2.05, 4.69) is 0 Å². The molecule has 0 bridgehead atoms. The highest BCUT2D eigenvalue weighted by atomic mass is 19.1. The first-order valence-corrected chi connectivity index (χ1v) is 4.88. The van der Waals surface area contributed by atoms with E-state index in [0.29, 0.717) is 18.7 Å². The average molecular weight is 214 g/mol. The molecule has 4 heteroatoms. The molecule has 1 rings (SSSR count). The summed E-state index contributed by atoms with van der Waals surface area (Å²) < 4.78 is 26.9. The predicted octanol–water partition coefficient (Wildman–Crippen LogP) is 1.66. The fourth-order valence-corrected chi connectivity index (χ4v) is 1.43. The third-order valence-corrected chi connectivity index (χ3v) is 2.32. The van der Waals surface area contributed by atoms with E-state index in [1.807, 2.05) is 0 Å². The van der Waals surface area contributed by atoms with Gasteiger partial charge in [0, 0.05) is 25.2 Å². The van der Waals surface area contributed by atoms with E-state index in [9.17, 15) is 8.78 Å². The van der Waals surface area contributed by atoms with E-state index >= 15 is 0 Å². The van der Waals surface area contributed by atoms with Crippen molar-refractivity contribution in [3.05, 3.63) is 34.9 Å². The molecule has 0 aliphatic rings. The maximum Gasteiger partial charge on any atom is 0.133 e. The fraction of sp³-hybridized carbons (Fsp3) is 0.455. The summed E-state index contributed by atoms with van der Waals surface area (Å²) in [6.45, 7) is 2.97. The van der Waals surface area contributed by atoms with Crippen molar-refractivity contribution in [2.75, 3.05) is 20.1 Å². The van der Waals surface area contributed by atoms with Crippen LogP contribution in [0.3, 0.4) is 0 Å². The maximum atomic E-state index is 13.6. The van der Waals surface area contributed by atoms with Gasteiger partial charge in [0.25, 0.3) is 0 Å². The molecule has 0 radical (unpaired) electrons. The molecule has 0 aliphatic carbocycles. The van der Waals surface area contributed by atoms with Gasteiger partial charge in [0.2, 0.25) is 0 Å². The molecule has 0 spiro atoms. The first-order chi connectivity index (χ1) is 7.06. The van der Waals surface area contributed by atoms with Gasteiger partial charge >= 0.3 is 0 Å². The van der Waals surface area contributed by atoms with Gasteiger partial charge in [-0.1, -0.05) is 6.07 Å². The van der Waals surface area contributed by atoms with E-state index in [1.165, 1.54) is 12.1 Å². The first-order valence-electron chi connectivity index (χ1n) is 4.88. The van der Waals surface area contributed by atoms with Gasteiger partial charge in [0.1, 0.15) is 11.6 Å². The van der Waals surface area contributed by atoms with Crippen LogP contribution in [0, 0.1) is 18.6 Å². The Labute approximate surface area is 88.7 Å². The van der Waals surface area contributed by atoms with Gasteiger partial charge in [-0.3, -0.25) is 0 Å². The molecule has 84 valence electrons. The van der Waals surface area contributed by atoms with Crippen molar-refractivity contribution >= 4 is 0 Å². The Morgan fingerprint density at radius 1 is 1.33 bits per heavy atom. The average Bonchev–Trinajstić information content (AvgIpc) is 2.19. The molecule has 0 saturated heterocycles. The summed E-state index contributed by atoms with van der Waals surface area (Å²) in [6, 6.07) is 2.74. The van der Waals surface area contributed by atoms with Crippen molar-refractivity contribution in [3.8, 4) is 0 Å². The maximum absolute atomic E-state index is 13.6. The van der Waals surface area contributed by atoms with Crippen LogP contribution in [0.25, 0.3) is 0 Å². The Balaban J connectivity index is 2.88. The second kappa shape index (κ2) is 5.19. The molecule has 2 N–H and O–H groups in total. The minimum atomic E-state index is -0.498. The number of nitrogens with two attached hydrogens (primary N) is 1. The largest absolute Gasteiger partial charge is 0.329 e. The molecule has 0 atom stereocenters. The number of hydrogen-bond acceptors (Lipinski definition) is 2. The predicted molar refractivity (Wildman–Crippen MR) is 56.5 cm³/mol. The topological polar surface area (TPSA) is 29.3 Å². The Kier molecular flexibility index (Phi) is 4.17. The number of benzene rings is 1. The molecule has 0 amide bonds. The van der Waals surface area contributed by atoms with Crippen molar-refractivity contribution in [1.29, 1.82) is 0 Å².